The molecule has 1 amide bonds. The molecule has 0 atom stereocenters. The van der Waals surface area contributed by atoms with Crippen LogP contribution < -0.4 is 5.32 Å². The number of carbonyl (C=O) groups is 1. The minimum Gasteiger partial charge on any atom is -0.309 e. The fourth-order valence-corrected chi connectivity index (χ4v) is 1.52. The maximum absolute atomic E-state index is 13.4. The Kier molecular flexibility index (Phi) is 4.01. The van der Waals surface area contributed by atoms with Gasteiger partial charge in [0.1, 0.15) is 5.15 Å². The zero-order valence-electron chi connectivity index (χ0n) is 9.53. The van der Waals surface area contributed by atoms with Crippen molar-refractivity contribution in [2.45, 2.75) is 6.42 Å². The summed E-state index contributed by atoms with van der Waals surface area (Å²) in [6, 6.07) is 3.66. The second-order valence-electron chi connectivity index (χ2n) is 3.66. The molecular formula is C12H8ClF2N3O. The number of benzene rings is 1. The summed E-state index contributed by atoms with van der Waals surface area (Å²) >= 11 is 5.54. The van der Waals surface area contributed by atoms with Crippen LogP contribution in [0, 0.1) is 11.6 Å². The summed E-state index contributed by atoms with van der Waals surface area (Å²) in [4.78, 5) is 19.2. The molecule has 0 aliphatic rings. The molecule has 7 heteroatoms. The number of carbonyl (C=O) groups excluding carboxylic acids is 1. The molecule has 0 saturated heterocycles. The molecule has 0 aliphatic carbocycles. The van der Waals surface area contributed by atoms with Crippen LogP contribution in [0.25, 0.3) is 0 Å². The Morgan fingerprint density at radius 1 is 1.26 bits per heavy atom. The van der Waals surface area contributed by atoms with Crippen LogP contribution >= 0.6 is 11.6 Å². The van der Waals surface area contributed by atoms with Crippen molar-refractivity contribution < 1.29 is 13.6 Å². The highest BCUT2D eigenvalue weighted by Crippen LogP contribution is 2.13. The second-order valence-corrected chi connectivity index (χ2v) is 4.05. The molecular weight excluding hydrogens is 276 g/mol. The first-order chi connectivity index (χ1) is 9.06. The van der Waals surface area contributed by atoms with Crippen molar-refractivity contribution in [3.05, 3.63) is 52.9 Å². The highest BCUT2D eigenvalue weighted by molar-refractivity contribution is 6.29. The summed E-state index contributed by atoms with van der Waals surface area (Å²) in [6.45, 7) is 0. The van der Waals surface area contributed by atoms with E-state index in [9.17, 15) is 13.6 Å². The van der Waals surface area contributed by atoms with E-state index in [0.29, 0.717) is 0 Å². The molecule has 2 rings (SSSR count). The van der Waals surface area contributed by atoms with Gasteiger partial charge in [0, 0.05) is 5.56 Å². The molecule has 4 nitrogen and oxygen atoms in total. The van der Waals surface area contributed by atoms with Crippen LogP contribution in [-0.2, 0) is 11.2 Å². The number of aromatic nitrogens is 2. The van der Waals surface area contributed by atoms with E-state index in [0.717, 1.165) is 6.07 Å². The number of nitrogens with zero attached hydrogens (tertiary/aromatic N) is 2. The van der Waals surface area contributed by atoms with E-state index in [2.05, 4.69) is 15.3 Å². The van der Waals surface area contributed by atoms with E-state index < -0.39 is 17.5 Å². The summed E-state index contributed by atoms with van der Waals surface area (Å²) in [7, 11) is 0. The largest absolute Gasteiger partial charge is 0.309 e. The quantitative estimate of drug-likeness (QED) is 0.942. The van der Waals surface area contributed by atoms with E-state index in [1.165, 1.54) is 24.5 Å². The normalized spacial score (nSPS) is 10.3. The molecule has 1 heterocycles. The third-order valence-electron chi connectivity index (χ3n) is 2.27. The first-order valence-electron chi connectivity index (χ1n) is 5.26. The molecule has 0 saturated carbocycles. The summed E-state index contributed by atoms with van der Waals surface area (Å²) in [5.41, 5.74) is -0.0283. The average Bonchev–Trinajstić information content (AvgIpc) is 2.38. The SMILES string of the molecule is O=C(Cc1cccc(F)c1F)Nc1cnc(Cl)cn1. The molecule has 0 radical (unpaired) electrons. The van der Waals surface area contributed by atoms with Crippen LogP contribution in [0.4, 0.5) is 14.6 Å². The molecule has 98 valence electrons. The van der Waals surface area contributed by atoms with E-state index in [1.54, 1.807) is 0 Å². The average molecular weight is 284 g/mol. The lowest BCUT2D eigenvalue weighted by Gasteiger charge is -2.05. The predicted molar refractivity (Wildman–Crippen MR) is 65.7 cm³/mol. The van der Waals surface area contributed by atoms with Crippen molar-refractivity contribution in [2.24, 2.45) is 0 Å². The third-order valence-corrected chi connectivity index (χ3v) is 2.47. The van der Waals surface area contributed by atoms with Gasteiger partial charge < -0.3 is 5.32 Å². The number of hydrogen-bond donors (Lipinski definition) is 1. The monoisotopic (exact) mass is 283 g/mol. The molecule has 0 spiro atoms. The van der Waals surface area contributed by atoms with Crippen LogP contribution in [-0.4, -0.2) is 15.9 Å². The lowest BCUT2D eigenvalue weighted by molar-refractivity contribution is -0.115. The zero-order valence-corrected chi connectivity index (χ0v) is 10.3. The molecule has 1 aromatic carbocycles. The first kappa shape index (κ1) is 13.4. The van der Waals surface area contributed by atoms with Gasteiger partial charge in [0.2, 0.25) is 5.91 Å². The van der Waals surface area contributed by atoms with Crippen LogP contribution in [0.3, 0.4) is 0 Å². The minimum absolute atomic E-state index is 0.0283. The number of nitrogens with one attached hydrogen (secondary N) is 1. The van der Waals surface area contributed by atoms with Gasteiger partial charge in [0.05, 0.1) is 18.8 Å². The van der Waals surface area contributed by atoms with Gasteiger partial charge in [0.15, 0.2) is 17.5 Å². The number of anilines is 1. The Morgan fingerprint density at radius 2 is 2.05 bits per heavy atom. The van der Waals surface area contributed by atoms with Gasteiger partial charge in [-0.3, -0.25) is 4.79 Å². The van der Waals surface area contributed by atoms with E-state index in [4.69, 9.17) is 11.6 Å². The summed E-state index contributed by atoms with van der Waals surface area (Å²) in [5.74, 6) is -2.36. The fourth-order valence-electron chi connectivity index (χ4n) is 1.42. The molecule has 0 aliphatic heterocycles. The van der Waals surface area contributed by atoms with Gasteiger partial charge in [-0.25, -0.2) is 18.7 Å². The molecule has 2 aromatic rings. The Balaban J connectivity index is 2.05. The Labute approximate surface area is 112 Å². The van der Waals surface area contributed by atoms with Gasteiger partial charge >= 0.3 is 0 Å². The van der Waals surface area contributed by atoms with Gasteiger partial charge in [-0.2, -0.15) is 0 Å². The summed E-state index contributed by atoms with van der Waals surface area (Å²) < 4.78 is 26.3. The van der Waals surface area contributed by atoms with Gasteiger partial charge in [-0.15, -0.1) is 0 Å². The molecule has 0 bridgehead atoms. The van der Waals surface area contributed by atoms with Gasteiger partial charge in [0.25, 0.3) is 0 Å². The van der Waals surface area contributed by atoms with Crippen LogP contribution in [0.2, 0.25) is 5.15 Å². The fraction of sp³-hybridized carbons (Fsp3) is 0.0833. The number of halogens is 3. The van der Waals surface area contributed by atoms with Gasteiger partial charge in [-0.1, -0.05) is 23.7 Å². The van der Waals surface area contributed by atoms with Crippen molar-refractivity contribution in [2.75, 3.05) is 5.32 Å². The van der Waals surface area contributed by atoms with Crippen molar-refractivity contribution in [3.63, 3.8) is 0 Å². The smallest absolute Gasteiger partial charge is 0.230 e. The highest BCUT2D eigenvalue weighted by atomic mass is 35.5. The second kappa shape index (κ2) is 5.71. The summed E-state index contributed by atoms with van der Waals surface area (Å²) in [6.07, 6.45) is 2.23. The highest BCUT2D eigenvalue weighted by Gasteiger charge is 2.12. The maximum atomic E-state index is 13.4. The molecule has 1 N–H and O–H groups in total. The summed E-state index contributed by atoms with van der Waals surface area (Å²) in [5, 5.41) is 2.59. The Bertz CT molecular complexity index is 604. The van der Waals surface area contributed by atoms with Crippen LogP contribution in [0.1, 0.15) is 5.56 Å². The van der Waals surface area contributed by atoms with Crippen molar-refractivity contribution >= 4 is 23.3 Å². The lowest BCUT2D eigenvalue weighted by atomic mass is 10.1. The minimum atomic E-state index is -1.03. The maximum Gasteiger partial charge on any atom is 0.230 e. The number of amides is 1. The molecule has 0 unspecified atom stereocenters. The zero-order chi connectivity index (χ0) is 13.8. The van der Waals surface area contributed by atoms with Crippen LogP contribution in [0.15, 0.2) is 30.6 Å². The van der Waals surface area contributed by atoms with Gasteiger partial charge in [-0.05, 0) is 6.07 Å². The lowest BCUT2D eigenvalue weighted by Crippen LogP contribution is -2.16. The topological polar surface area (TPSA) is 54.9 Å². The standard InChI is InChI=1S/C12H8ClF2N3O/c13-9-5-17-10(6-16-9)18-11(19)4-7-2-1-3-8(14)12(7)15/h1-3,5-6H,4H2,(H,17,18,19). The third kappa shape index (κ3) is 3.45. The first-order valence-corrected chi connectivity index (χ1v) is 5.64. The van der Waals surface area contributed by atoms with E-state index in [-0.39, 0.29) is 23.0 Å². The van der Waals surface area contributed by atoms with Crippen molar-refractivity contribution in [1.29, 1.82) is 0 Å². The van der Waals surface area contributed by atoms with E-state index in [1.807, 2.05) is 0 Å². The van der Waals surface area contributed by atoms with E-state index >= 15 is 0 Å². The predicted octanol–water partition coefficient (Wildman–Crippen LogP) is 2.59. The molecule has 0 fully saturated rings. The Hall–Kier alpha value is -2.08. The van der Waals surface area contributed by atoms with Crippen LogP contribution in [0.5, 0.6) is 0 Å². The molecule has 1 aromatic heterocycles. The van der Waals surface area contributed by atoms with Crippen molar-refractivity contribution in [3.8, 4) is 0 Å². The molecule has 19 heavy (non-hydrogen) atoms. The number of hydrogen-bond acceptors (Lipinski definition) is 3. The number of rotatable bonds is 3. The van der Waals surface area contributed by atoms with Crippen molar-refractivity contribution in [1.82, 2.24) is 9.97 Å². The Morgan fingerprint density at radius 3 is 2.74 bits per heavy atom.